The molecular formula is C18H17N3O2. The molecule has 116 valence electrons. The van der Waals surface area contributed by atoms with Gasteiger partial charge in [0.05, 0.1) is 12.3 Å². The highest BCUT2D eigenvalue weighted by molar-refractivity contribution is 6.02. The van der Waals surface area contributed by atoms with Crippen LogP contribution in [0.15, 0.2) is 66.9 Å². The van der Waals surface area contributed by atoms with Gasteiger partial charge >= 0.3 is 0 Å². The highest BCUT2D eigenvalue weighted by atomic mass is 16.5. The number of carbonyl (C=O) groups excluding carboxylic acids is 1. The highest BCUT2D eigenvalue weighted by Gasteiger charge is 2.10. The molecule has 5 nitrogen and oxygen atoms in total. The van der Waals surface area contributed by atoms with E-state index < -0.39 is 0 Å². The Morgan fingerprint density at radius 3 is 2.52 bits per heavy atom. The second kappa shape index (κ2) is 6.79. The van der Waals surface area contributed by atoms with Crippen molar-refractivity contribution in [1.82, 2.24) is 9.78 Å². The van der Waals surface area contributed by atoms with Gasteiger partial charge in [-0.3, -0.25) is 4.79 Å². The van der Waals surface area contributed by atoms with Crippen LogP contribution in [0.3, 0.4) is 0 Å². The predicted octanol–water partition coefficient (Wildman–Crippen LogP) is 3.52. The fourth-order valence-corrected chi connectivity index (χ4v) is 2.17. The Bertz CT molecular complexity index is 780. The molecule has 1 aromatic heterocycles. The molecule has 23 heavy (non-hydrogen) atoms. The molecule has 0 unspecified atom stereocenters. The van der Waals surface area contributed by atoms with E-state index in [1.54, 1.807) is 29.1 Å². The number of rotatable bonds is 5. The number of nitrogens with one attached hydrogen (secondary N) is 1. The number of para-hydroxylation sites is 1. The summed E-state index contributed by atoms with van der Waals surface area (Å²) in [6, 6.07) is 18.6. The number of ether oxygens (including phenoxy) is 1. The summed E-state index contributed by atoms with van der Waals surface area (Å²) in [5.41, 5.74) is 1.98. The van der Waals surface area contributed by atoms with Gasteiger partial charge in [0.15, 0.2) is 5.69 Å². The molecule has 3 aromatic rings. The largest absolute Gasteiger partial charge is 0.494 e. The van der Waals surface area contributed by atoms with Crippen LogP contribution in [0.5, 0.6) is 5.75 Å². The summed E-state index contributed by atoms with van der Waals surface area (Å²) in [4.78, 5) is 12.3. The van der Waals surface area contributed by atoms with Crippen LogP contribution >= 0.6 is 0 Å². The fraction of sp³-hybridized carbons (Fsp3) is 0.111. The van der Waals surface area contributed by atoms with Crippen molar-refractivity contribution >= 4 is 11.6 Å². The van der Waals surface area contributed by atoms with E-state index in [0.29, 0.717) is 18.0 Å². The molecule has 1 N–H and O–H groups in total. The van der Waals surface area contributed by atoms with Gasteiger partial charge in [-0.25, -0.2) is 4.68 Å². The maximum atomic E-state index is 12.3. The molecule has 1 heterocycles. The van der Waals surface area contributed by atoms with Gasteiger partial charge in [-0.15, -0.1) is 0 Å². The Morgan fingerprint density at radius 1 is 1.09 bits per heavy atom. The number of nitrogens with zero attached hydrogens (tertiary/aromatic N) is 2. The molecule has 0 saturated carbocycles. The van der Waals surface area contributed by atoms with Gasteiger partial charge < -0.3 is 10.1 Å². The Hall–Kier alpha value is -3.08. The van der Waals surface area contributed by atoms with Crippen LogP contribution in [-0.4, -0.2) is 22.3 Å². The minimum absolute atomic E-state index is 0.246. The molecule has 0 radical (unpaired) electrons. The van der Waals surface area contributed by atoms with Crippen molar-refractivity contribution in [3.05, 3.63) is 72.6 Å². The topological polar surface area (TPSA) is 56.1 Å². The lowest BCUT2D eigenvalue weighted by Gasteiger charge is -2.06. The van der Waals surface area contributed by atoms with Gasteiger partial charge in [-0.1, -0.05) is 18.2 Å². The van der Waals surface area contributed by atoms with Crippen molar-refractivity contribution in [2.45, 2.75) is 6.92 Å². The van der Waals surface area contributed by atoms with Crippen LogP contribution in [0, 0.1) is 0 Å². The number of carbonyl (C=O) groups is 1. The summed E-state index contributed by atoms with van der Waals surface area (Å²) < 4.78 is 7.05. The fourth-order valence-electron chi connectivity index (χ4n) is 2.17. The third-order valence-corrected chi connectivity index (χ3v) is 3.27. The molecule has 0 saturated heterocycles. The van der Waals surface area contributed by atoms with Gasteiger partial charge in [0.2, 0.25) is 0 Å². The van der Waals surface area contributed by atoms with Crippen LogP contribution in [0.25, 0.3) is 5.69 Å². The summed E-state index contributed by atoms with van der Waals surface area (Å²) in [5, 5.41) is 7.13. The Morgan fingerprint density at radius 2 is 1.83 bits per heavy atom. The lowest BCUT2D eigenvalue weighted by molar-refractivity contribution is 0.102. The molecular weight excluding hydrogens is 290 g/mol. The zero-order valence-electron chi connectivity index (χ0n) is 12.8. The number of hydrogen-bond donors (Lipinski definition) is 1. The van der Waals surface area contributed by atoms with Gasteiger partial charge in [0, 0.05) is 11.9 Å². The lowest BCUT2D eigenvalue weighted by atomic mass is 10.3. The zero-order chi connectivity index (χ0) is 16.1. The van der Waals surface area contributed by atoms with E-state index in [2.05, 4.69) is 10.4 Å². The summed E-state index contributed by atoms with van der Waals surface area (Å²) in [6.07, 6.45) is 1.77. The van der Waals surface area contributed by atoms with Gasteiger partial charge in [-0.05, 0) is 49.4 Å². The van der Waals surface area contributed by atoms with Crippen LogP contribution in [0.1, 0.15) is 17.4 Å². The van der Waals surface area contributed by atoms with Crippen LogP contribution in [-0.2, 0) is 0 Å². The predicted molar refractivity (Wildman–Crippen MR) is 89.1 cm³/mol. The monoisotopic (exact) mass is 307 g/mol. The molecule has 3 rings (SSSR count). The molecule has 0 aliphatic rings. The van der Waals surface area contributed by atoms with E-state index >= 15 is 0 Å². The van der Waals surface area contributed by atoms with E-state index in [0.717, 1.165) is 11.4 Å². The lowest BCUT2D eigenvalue weighted by Crippen LogP contribution is -2.13. The first-order chi connectivity index (χ1) is 11.3. The second-order valence-corrected chi connectivity index (χ2v) is 4.89. The summed E-state index contributed by atoms with van der Waals surface area (Å²) in [5.74, 6) is 0.530. The average Bonchev–Trinajstić information content (AvgIpc) is 3.08. The van der Waals surface area contributed by atoms with E-state index in [4.69, 9.17) is 4.74 Å². The smallest absolute Gasteiger partial charge is 0.276 e. The maximum Gasteiger partial charge on any atom is 0.276 e. The van der Waals surface area contributed by atoms with Crippen LogP contribution in [0.4, 0.5) is 5.69 Å². The molecule has 0 atom stereocenters. The standard InChI is InChI=1S/C18H17N3O2/c1-2-23-16-10-8-14(9-11-16)19-18(22)17-12-13-21(20-17)15-6-4-3-5-7-15/h3-13H,2H2,1H3,(H,19,22). The van der Waals surface area contributed by atoms with Crippen molar-refractivity contribution < 1.29 is 9.53 Å². The van der Waals surface area contributed by atoms with Crippen molar-refractivity contribution in [2.75, 3.05) is 11.9 Å². The van der Waals surface area contributed by atoms with E-state index in [-0.39, 0.29) is 5.91 Å². The molecule has 1 amide bonds. The molecule has 2 aromatic carbocycles. The van der Waals surface area contributed by atoms with Crippen LogP contribution < -0.4 is 10.1 Å². The zero-order valence-corrected chi connectivity index (χ0v) is 12.8. The number of anilines is 1. The average molecular weight is 307 g/mol. The number of benzene rings is 2. The third-order valence-electron chi connectivity index (χ3n) is 3.27. The highest BCUT2D eigenvalue weighted by Crippen LogP contribution is 2.16. The first-order valence-corrected chi connectivity index (χ1v) is 7.41. The Kier molecular flexibility index (Phi) is 4.38. The number of hydrogen-bond acceptors (Lipinski definition) is 3. The molecule has 0 spiro atoms. The van der Waals surface area contributed by atoms with Crippen molar-refractivity contribution in [1.29, 1.82) is 0 Å². The van der Waals surface area contributed by atoms with Crippen molar-refractivity contribution in [3.8, 4) is 11.4 Å². The maximum absolute atomic E-state index is 12.3. The first-order valence-electron chi connectivity index (χ1n) is 7.41. The first kappa shape index (κ1) is 14.8. The number of aromatic nitrogens is 2. The third kappa shape index (κ3) is 3.58. The minimum atomic E-state index is -0.246. The molecule has 0 aliphatic heterocycles. The van der Waals surface area contributed by atoms with E-state index in [1.807, 2.05) is 49.4 Å². The Balaban J connectivity index is 1.70. The summed E-state index contributed by atoms with van der Waals surface area (Å²) in [6.45, 7) is 2.54. The molecule has 0 fully saturated rings. The van der Waals surface area contributed by atoms with Gasteiger partial charge in [0.25, 0.3) is 5.91 Å². The van der Waals surface area contributed by atoms with Gasteiger partial charge in [0.1, 0.15) is 5.75 Å². The molecule has 0 bridgehead atoms. The van der Waals surface area contributed by atoms with E-state index in [1.165, 1.54) is 0 Å². The van der Waals surface area contributed by atoms with Crippen molar-refractivity contribution in [3.63, 3.8) is 0 Å². The van der Waals surface area contributed by atoms with Gasteiger partial charge in [-0.2, -0.15) is 5.10 Å². The summed E-state index contributed by atoms with van der Waals surface area (Å²) in [7, 11) is 0. The summed E-state index contributed by atoms with van der Waals surface area (Å²) >= 11 is 0. The number of amides is 1. The second-order valence-electron chi connectivity index (χ2n) is 4.89. The minimum Gasteiger partial charge on any atom is -0.494 e. The normalized spacial score (nSPS) is 10.3. The van der Waals surface area contributed by atoms with E-state index in [9.17, 15) is 4.79 Å². The SMILES string of the molecule is CCOc1ccc(NC(=O)c2ccn(-c3ccccc3)n2)cc1. The quantitative estimate of drug-likeness (QED) is 0.784. The van der Waals surface area contributed by atoms with Crippen LogP contribution in [0.2, 0.25) is 0 Å². The molecule has 0 aliphatic carbocycles. The molecule has 5 heteroatoms. The Labute approximate surface area is 134 Å². The van der Waals surface area contributed by atoms with Crippen molar-refractivity contribution in [2.24, 2.45) is 0 Å².